The highest BCUT2D eigenvalue weighted by atomic mass is 32.2. The third-order valence-electron chi connectivity index (χ3n) is 1.21. The van der Waals surface area contributed by atoms with E-state index in [1.54, 1.807) is 0 Å². The van der Waals surface area contributed by atoms with E-state index in [4.69, 9.17) is 5.11 Å². The minimum atomic E-state index is -4.09. The summed E-state index contributed by atoms with van der Waals surface area (Å²) in [5, 5.41) is 8.21. The van der Waals surface area contributed by atoms with E-state index < -0.39 is 18.6 Å². The SMILES string of the molecule is O=C(O)CCSCCCC(F)(F)F. The number of thioether (sulfide) groups is 1. The Morgan fingerprint density at radius 2 is 1.92 bits per heavy atom. The van der Waals surface area contributed by atoms with Crippen molar-refractivity contribution in [3.05, 3.63) is 0 Å². The predicted octanol–water partition coefficient (Wildman–Crippen LogP) is 2.54. The number of rotatable bonds is 6. The van der Waals surface area contributed by atoms with Gasteiger partial charge in [0, 0.05) is 12.2 Å². The Kier molecular flexibility index (Phi) is 5.94. The van der Waals surface area contributed by atoms with Crippen molar-refractivity contribution in [2.75, 3.05) is 11.5 Å². The first-order valence-electron chi connectivity index (χ1n) is 3.78. The van der Waals surface area contributed by atoms with Gasteiger partial charge in [0.1, 0.15) is 0 Å². The lowest BCUT2D eigenvalue weighted by Crippen LogP contribution is -2.07. The molecule has 1 N–H and O–H groups in total. The predicted molar refractivity (Wildman–Crippen MR) is 44.9 cm³/mol. The molecule has 0 rings (SSSR count). The molecule has 0 saturated heterocycles. The Morgan fingerprint density at radius 1 is 1.31 bits per heavy atom. The van der Waals surface area contributed by atoms with Crippen LogP contribution in [0.5, 0.6) is 0 Å². The summed E-state index contributed by atoms with van der Waals surface area (Å²) in [6.45, 7) is 0. The van der Waals surface area contributed by atoms with E-state index in [0.717, 1.165) is 0 Å². The average molecular weight is 216 g/mol. The zero-order valence-electron chi connectivity index (χ0n) is 6.93. The van der Waals surface area contributed by atoms with Gasteiger partial charge in [-0.25, -0.2) is 0 Å². The molecule has 0 bridgehead atoms. The molecule has 0 fully saturated rings. The molecule has 0 aliphatic heterocycles. The molecule has 2 nitrogen and oxygen atoms in total. The Balaban J connectivity index is 3.13. The van der Waals surface area contributed by atoms with Gasteiger partial charge in [0.2, 0.25) is 0 Å². The summed E-state index contributed by atoms with van der Waals surface area (Å²) in [4.78, 5) is 10.00. The lowest BCUT2D eigenvalue weighted by atomic mass is 10.3. The van der Waals surface area contributed by atoms with Crippen molar-refractivity contribution >= 4 is 17.7 Å². The van der Waals surface area contributed by atoms with Gasteiger partial charge in [-0.05, 0) is 12.2 Å². The van der Waals surface area contributed by atoms with Crippen LogP contribution < -0.4 is 0 Å². The van der Waals surface area contributed by atoms with Crippen molar-refractivity contribution in [3.8, 4) is 0 Å². The maximum atomic E-state index is 11.6. The van der Waals surface area contributed by atoms with E-state index in [1.807, 2.05) is 0 Å². The van der Waals surface area contributed by atoms with Crippen LogP contribution in [-0.2, 0) is 4.79 Å². The highest BCUT2D eigenvalue weighted by Crippen LogP contribution is 2.22. The van der Waals surface area contributed by atoms with Gasteiger partial charge in [0.15, 0.2) is 0 Å². The minimum Gasteiger partial charge on any atom is -0.481 e. The highest BCUT2D eigenvalue weighted by Gasteiger charge is 2.25. The van der Waals surface area contributed by atoms with Gasteiger partial charge in [-0.1, -0.05) is 0 Å². The first kappa shape index (κ1) is 12.6. The molecule has 0 heterocycles. The molecule has 0 aromatic heterocycles. The Hall–Kier alpha value is -0.390. The van der Waals surface area contributed by atoms with Crippen LogP contribution in [0.1, 0.15) is 19.3 Å². The van der Waals surface area contributed by atoms with Crippen LogP contribution in [-0.4, -0.2) is 28.8 Å². The topological polar surface area (TPSA) is 37.3 Å². The maximum absolute atomic E-state index is 11.6. The van der Waals surface area contributed by atoms with Gasteiger partial charge in [0.25, 0.3) is 0 Å². The van der Waals surface area contributed by atoms with E-state index in [1.165, 1.54) is 11.8 Å². The van der Waals surface area contributed by atoms with E-state index in [0.29, 0.717) is 11.5 Å². The highest BCUT2D eigenvalue weighted by molar-refractivity contribution is 7.99. The van der Waals surface area contributed by atoms with Gasteiger partial charge in [0.05, 0.1) is 6.42 Å². The fraction of sp³-hybridized carbons (Fsp3) is 0.857. The Morgan fingerprint density at radius 3 is 2.38 bits per heavy atom. The van der Waals surface area contributed by atoms with Crippen molar-refractivity contribution in [2.24, 2.45) is 0 Å². The molecule has 78 valence electrons. The fourth-order valence-electron chi connectivity index (χ4n) is 0.636. The Bertz CT molecular complexity index is 158. The summed E-state index contributed by atoms with van der Waals surface area (Å²) in [6.07, 6.45) is -4.80. The van der Waals surface area contributed by atoms with Gasteiger partial charge in [-0.2, -0.15) is 24.9 Å². The van der Waals surface area contributed by atoms with Gasteiger partial charge in [-0.3, -0.25) is 4.79 Å². The summed E-state index contributed by atoms with van der Waals surface area (Å²) in [5.74, 6) is -0.164. The molecule has 0 atom stereocenters. The van der Waals surface area contributed by atoms with Crippen molar-refractivity contribution in [2.45, 2.75) is 25.4 Å². The molecule has 0 aromatic carbocycles. The van der Waals surface area contributed by atoms with Crippen LogP contribution in [0.3, 0.4) is 0 Å². The number of alkyl halides is 3. The number of carboxylic acids is 1. The number of aliphatic carboxylic acids is 1. The van der Waals surface area contributed by atoms with E-state index in [-0.39, 0.29) is 12.8 Å². The van der Waals surface area contributed by atoms with Crippen LogP contribution in [0.4, 0.5) is 13.2 Å². The molecule has 0 amide bonds. The zero-order chi connectivity index (χ0) is 10.3. The van der Waals surface area contributed by atoms with Crippen LogP contribution in [0, 0.1) is 0 Å². The largest absolute Gasteiger partial charge is 0.481 e. The normalized spacial score (nSPS) is 11.6. The molecule has 6 heteroatoms. The number of halogens is 3. The smallest absolute Gasteiger partial charge is 0.389 e. The van der Waals surface area contributed by atoms with Crippen LogP contribution >= 0.6 is 11.8 Å². The molecular formula is C7H11F3O2S. The zero-order valence-corrected chi connectivity index (χ0v) is 7.75. The van der Waals surface area contributed by atoms with Crippen molar-refractivity contribution in [1.29, 1.82) is 0 Å². The molecule has 0 radical (unpaired) electrons. The number of hydrogen-bond acceptors (Lipinski definition) is 2. The van der Waals surface area contributed by atoms with Crippen molar-refractivity contribution < 1.29 is 23.1 Å². The fourth-order valence-corrected chi connectivity index (χ4v) is 1.51. The molecule has 0 aromatic rings. The second-order valence-electron chi connectivity index (χ2n) is 2.47. The summed E-state index contributed by atoms with van der Waals surface area (Å²) < 4.78 is 34.8. The molecule has 0 spiro atoms. The second-order valence-corrected chi connectivity index (χ2v) is 3.70. The van der Waals surface area contributed by atoms with Gasteiger partial charge in [-0.15, -0.1) is 0 Å². The van der Waals surface area contributed by atoms with E-state index >= 15 is 0 Å². The quantitative estimate of drug-likeness (QED) is 0.693. The van der Waals surface area contributed by atoms with Gasteiger partial charge >= 0.3 is 12.1 Å². The molecule has 0 unspecified atom stereocenters. The summed E-state index contributed by atoms with van der Waals surface area (Å²) in [5.41, 5.74) is 0. The first-order chi connectivity index (χ1) is 5.92. The van der Waals surface area contributed by atoms with Crippen LogP contribution in [0.15, 0.2) is 0 Å². The standard InChI is InChI=1S/C7H11F3O2S/c8-7(9,10)3-1-4-13-5-2-6(11)12/h1-5H2,(H,11,12). The van der Waals surface area contributed by atoms with Crippen molar-refractivity contribution in [3.63, 3.8) is 0 Å². The Labute approximate surface area is 78.5 Å². The van der Waals surface area contributed by atoms with E-state index in [9.17, 15) is 18.0 Å². The minimum absolute atomic E-state index is 0.0106. The third kappa shape index (κ3) is 11.6. The van der Waals surface area contributed by atoms with Crippen molar-refractivity contribution in [1.82, 2.24) is 0 Å². The van der Waals surface area contributed by atoms with Crippen LogP contribution in [0.2, 0.25) is 0 Å². The average Bonchev–Trinajstić information content (AvgIpc) is 1.93. The second kappa shape index (κ2) is 6.12. The van der Waals surface area contributed by atoms with Gasteiger partial charge < -0.3 is 5.11 Å². The first-order valence-corrected chi connectivity index (χ1v) is 4.93. The number of hydrogen-bond donors (Lipinski definition) is 1. The number of carbonyl (C=O) groups is 1. The summed E-state index contributed by atoms with van der Waals surface area (Å²) in [7, 11) is 0. The molecule has 0 aliphatic rings. The summed E-state index contributed by atoms with van der Waals surface area (Å²) in [6, 6.07) is 0. The third-order valence-corrected chi connectivity index (χ3v) is 2.28. The lowest BCUT2D eigenvalue weighted by Gasteiger charge is -2.04. The molecule has 0 saturated carbocycles. The monoisotopic (exact) mass is 216 g/mol. The molecule has 13 heavy (non-hydrogen) atoms. The molecule has 0 aliphatic carbocycles. The summed E-state index contributed by atoms with van der Waals surface area (Å²) >= 11 is 1.24. The maximum Gasteiger partial charge on any atom is 0.389 e. The lowest BCUT2D eigenvalue weighted by molar-refractivity contribution is -0.137. The number of carboxylic acid groups (broad SMARTS) is 1. The van der Waals surface area contributed by atoms with Crippen LogP contribution in [0.25, 0.3) is 0 Å². The van der Waals surface area contributed by atoms with E-state index in [2.05, 4.69) is 0 Å². The molecular weight excluding hydrogens is 205 g/mol.